The first kappa shape index (κ1) is 24.4. The second-order valence-electron chi connectivity index (χ2n) is 8.65. The van der Waals surface area contributed by atoms with Gasteiger partial charge in [-0.25, -0.2) is 4.98 Å². The zero-order valence-corrected chi connectivity index (χ0v) is 21.1. The maximum Gasteiger partial charge on any atom is 0.327 e. The number of piperidine rings is 1. The van der Waals surface area contributed by atoms with E-state index in [1.165, 1.54) is 11.9 Å². The van der Waals surface area contributed by atoms with Gasteiger partial charge in [0.25, 0.3) is 5.91 Å². The Kier molecular flexibility index (Phi) is 7.89. The van der Waals surface area contributed by atoms with Crippen LogP contribution in [0.2, 0.25) is 0 Å². The summed E-state index contributed by atoms with van der Waals surface area (Å²) in [6.07, 6.45) is 1.92. The monoisotopic (exact) mass is 505 g/mol. The normalized spacial score (nSPS) is 16.0. The van der Waals surface area contributed by atoms with Gasteiger partial charge in [0.1, 0.15) is 0 Å². The summed E-state index contributed by atoms with van der Waals surface area (Å²) in [6.45, 7) is 5.24. The number of rotatable bonds is 8. The van der Waals surface area contributed by atoms with Crippen molar-refractivity contribution < 1.29 is 19.1 Å². The van der Waals surface area contributed by atoms with E-state index in [-0.39, 0.29) is 5.91 Å². The number of hydrogen-bond donors (Lipinski definition) is 3. The van der Waals surface area contributed by atoms with Crippen molar-refractivity contribution in [3.05, 3.63) is 53.5 Å². The van der Waals surface area contributed by atoms with E-state index in [9.17, 15) is 14.6 Å². The number of carbonyl (C=O) groups excluding carboxylic acids is 1. The lowest BCUT2D eigenvalue weighted by molar-refractivity contribution is -0.0173. The van der Waals surface area contributed by atoms with Gasteiger partial charge in [-0.15, -0.1) is 11.3 Å². The molecule has 0 radical (unpaired) electrons. The molecule has 1 aliphatic heterocycles. The summed E-state index contributed by atoms with van der Waals surface area (Å²) in [5.41, 5.74) is 3.80. The number of likely N-dealkylation sites (tertiary alicyclic amines) is 1. The molecule has 176 valence electrons. The number of nitrogens with zero attached hydrogens (tertiary/aromatic N) is 2. The number of anilines is 1. The number of nitrogens with one attached hydrogen (secondary N) is 1. The van der Waals surface area contributed by atoms with Crippen molar-refractivity contribution in [2.75, 3.05) is 17.8 Å². The highest BCUT2D eigenvalue weighted by Gasteiger charge is 2.39. The molecule has 0 aliphatic carbocycles. The van der Waals surface area contributed by atoms with Crippen LogP contribution in [0.1, 0.15) is 43.5 Å². The van der Waals surface area contributed by atoms with Gasteiger partial charge in [0.05, 0.1) is 26.2 Å². The second kappa shape index (κ2) is 10.7. The number of para-hydroxylation sites is 1. The van der Waals surface area contributed by atoms with Crippen LogP contribution in [0.15, 0.2) is 52.9 Å². The van der Waals surface area contributed by atoms with Crippen LogP contribution in [-0.4, -0.2) is 44.3 Å². The van der Waals surface area contributed by atoms with Crippen molar-refractivity contribution in [2.45, 2.75) is 43.6 Å². The van der Waals surface area contributed by atoms with Crippen molar-refractivity contribution in [2.24, 2.45) is 5.92 Å². The molecule has 3 aromatic rings. The Morgan fingerprint density at radius 3 is 2.64 bits per heavy atom. The van der Waals surface area contributed by atoms with E-state index < -0.39 is 14.2 Å². The van der Waals surface area contributed by atoms with Crippen LogP contribution in [0.5, 0.6) is 0 Å². The molecule has 1 fully saturated rings. The van der Waals surface area contributed by atoms with Gasteiger partial charge in [0.15, 0.2) is 0 Å². The van der Waals surface area contributed by atoms with Gasteiger partial charge < -0.3 is 23.9 Å². The van der Waals surface area contributed by atoms with Crippen LogP contribution in [0.25, 0.3) is 10.2 Å². The van der Waals surface area contributed by atoms with Gasteiger partial charge in [0, 0.05) is 24.3 Å². The van der Waals surface area contributed by atoms with Gasteiger partial charge in [-0.2, -0.15) is 0 Å². The Morgan fingerprint density at radius 1 is 1.24 bits per heavy atom. The number of amides is 1. The Labute approximate surface area is 203 Å². The molecule has 2 aromatic carbocycles. The molecular formula is C23H28N3O4PS2. The SMILES string of the molecule is CC(C)CC1(OP(O)O)CCN(C(=O)c2ccc(NSc3cccc4scnc34)cc2)CC1. The van der Waals surface area contributed by atoms with Crippen molar-refractivity contribution in [1.29, 1.82) is 0 Å². The van der Waals surface area contributed by atoms with E-state index in [4.69, 9.17) is 4.52 Å². The fourth-order valence-electron chi connectivity index (χ4n) is 4.29. The molecule has 0 spiro atoms. The third kappa shape index (κ3) is 6.04. The molecule has 0 unspecified atom stereocenters. The number of aromatic nitrogens is 1. The molecule has 0 bridgehead atoms. The molecule has 7 nitrogen and oxygen atoms in total. The van der Waals surface area contributed by atoms with Crippen LogP contribution in [-0.2, 0) is 4.52 Å². The Bertz CT molecular complexity index is 1070. The summed E-state index contributed by atoms with van der Waals surface area (Å²) in [7, 11) is -2.42. The molecule has 1 amide bonds. The molecule has 1 aliphatic rings. The third-order valence-electron chi connectivity index (χ3n) is 5.75. The van der Waals surface area contributed by atoms with E-state index >= 15 is 0 Å². The summed E-state index contributed by atoms with van der Waals surface area (Å²) < 4.78 is 10.0. The smallest absolute Gasteiger partial charge is 0.327 e. The van der Waals surface area contributed by atoms with E-state index in [2.05, 4.69) is 29.6 Å². The standard InChI is InChI=1S/C23H28N3O4PS2/c1-16(2)14-23(30-31(28)29)10-12-26(13-11-23)22(27)17-6-8-18(9-7-17)25-33-20-5-3-4-19-21(20)24-15-32-19/h3-9,15-16,25,28-29H,10-14H2,1-2H3. The number of fused-ring (bicyclic) bond motifs is 1. The minimum Gasteiger partial charge on any atom is -0.338 e. The summed E-state index contributed by atoms with van der Waals surface area (Å²) in [5, 5.41) is 0. The Balaban J connectivity index is 1.35. The van der Waals surface area contributed by atoms with Gasteiger partial charge >= 0.3 is 8.60 Å². The van der Waals surface area contributed by atoms with Crippen LogP contribution in [0, 0.1) is 5.92 Å². The molecule has 1 aromatic heterocycles. The van der Waals surface area contributed by atoms with Crippen LogP contribution < -0.4 is 4.72 Å². The minimum absolute atomic E-state index is 0.0187. The maximum absolute atomic E-state index is 13.0. The molecular weight excluding hydrogens is 477 g/mol. The predicted molar refractivity (Wildman–Crippen MR) is 135 cm³/mol. The minimum atomic E-state index is -2.42. The maximum atomic E-state index is 13.0. The molecule has 33 heavy (non-hydrogen) atoms. The zero-order chi connectivity index (χ0) is 23.4. The van der Waals surface area contributed by atoms with Crippen LogP contribution in [0.3, 0.4) is 0 Å². The fraction of sp³-hybridized carbons (Fsp3) is 0.391. The van der Waals surface area contributed by atoms with Gasteiger partial charge in [-0.1, -0.05) is 19.9 Å². The summed E-state index contributed by atoms with van der Waals surface area (Å²) in [5.74, 6) is 0.345. The fourth-order valence-corrected chi connectivity index (χ4v) is 6.43. The number of hydrogen-bond acceptors (Lipinski definition) is 8. The van der Waals surface area contributed by atoms with Crippen molar-refractivity contribution >= 4 is 53.7 Å². The quantitative estimate of drug-likeness (QED) is 0.268. The summed E-state index contributed by atoms with van der Waals surface area (Å²) in [4.78, 5) is 39.2. The lowest BCUT2D eigenvalue weighted by Crippen LogP contribution is -2.48. The molecule has 4 rings (SSSR count). The second-order valence-corrected chi connectivity index (χ2v) is 11.1. The lowest BCUT2D eigenvalue weighted by atomic mass is 9.84. The van der Waals surface area contributed by atoms with E-state index in [0.717, 1.165) is 27.2 Å². The lowest BCUT2D eigenvalue weighted by Gasteiger charge is -2.42. The van der Waals surface area contributed by atoms with E-state index in [0.29, 0.717) is 37.4 Å². The van der Waals surface area contributed by atoms with Crippen LogP contribution >= 0.6 is 31.9 Å². The average molecular weight is 506 g/mol. The van der Waals surface area contributed by atoms with Gasteiger partial charge in [0.2, 0.25) is 0 Å². The highest BCUT2D eigenvalue weighted by Crippen LogP contribution is 2.42. The number of carbonyl (C=O) groups is 1. The van der Waals surface area contributed by atoms with E-state index in [1.807, 2.05) is 46.8 Å². The predicted octanol–water partition coefficient (Wildman–Crippen LogP) is 5.66. The summed E-state index contributed by atoms with van der Waals surface area (Å²) >= 11 is 3.13. The molecule has 10 heteroatoms. The molecule has 0 saturated carbocycles. The van der Waals surface area contributed by atoms with Gasteiger partial charge in [-0.3, -0.25) is 4.79 Å². The summed E-state index contributed by atoms with van der Waals surface area (Å²) in [6, 6.07) is 13.6. The Hall–Kier alpha value is -1.74. The number of benzene rings is 2. The zero-order valence-electron chi connectivity index (χ0n) is 18.6. The van der Waals surface area contributed by atoms with E-state index in [1.54, 1.807) is 11.3 Å². The molecule has 2 heterocycles. The van der Waals surface area contributed by atoms with Gasteiger partial charge in [-0.05, 0) is 73.5 Å². The Morgan fingerprint density at radius 2 is 1.97 bits per heavy atom. The molecule has 0 atom stereocenters. The first-order chi connectivity index (χ1) is 15.8. The molecule has 1 saturated heterocycles. The van der Waals surface area contributed by atoms with Crippen molar-refractivity contribution in [3.63, 3.8) is 0 Å². The topological polar surface area (TPSA) is 94.9 Å². The number of thiazole rings is 1. The van der Waals surface area contributed by atoms with Crippen molar-refractivity contribution in [3.8, 4) is 0 Å². The first-order valence-corrected chi connectivity index (χ1v) is 13.7. The van der Waals surface area contributed by atoms with Crippen LogP contribution in [0.4, 0.5) is 5.69 Å². The average Bonchev–Trinajstić information content (AvgIpc) is 3.27. The highest BCUT2D eigenvalue weighted by molar-refractivity contribution is 8.00. The highest BCUT2D eigenvalue weighted by atomic mass is 32.2. The largest absolute Gasteiger partial charge is 0.338 e. The van der Waals surface area contributed by atoms with Crippen molar-refractivity contribution in [1.82, 2.24) is 9.88 Å². The third-order valence-corrected chi connectivity index (χ3v) is 7.98. The first-order valence-electron chi connectivity index (χ1n) is 10.9. The molecule has 3 N–H and O–H groups in total.